The summed E-state index contributed by atoms with van der Waals surface area (Å²) in [6, 6.07) is -0.0459. The van der Waals surface area contributed by atoms with Gasteiger partial charge < -0.3 is 15.2 Å². The Morgan fingerprint density at radius 2 is 2.00 bits per heavy atom. The summed E-state index contributed by atoms with van der Waals surface area (Å²) in [5.41, 5.74) is -0.724. The van der Waals surface area contributed by atoms with Gasteiger partial charge in [-0.3, -0.25) is 9.69 Å². The monoisotopic (exact) mass is 272 g/mol. The van der Waals surface area contributed by atoms with Gasteiger partial charge in [0, 0.05) is 38.6 Å². The molecule has 0 aromatic rings. The number of nitrogens with one attached hydrogen (secondary N) is 1. The average Bonchev–Trinajstić information content (AvgIpc) is 2.37. The second-order valence-corrected chi connectivity index (χ2v) is 5.75. The Morgan fingerprint density at radius 1 is 1.42 bits per heavy atom. The number of aliphatic hydroxyl groups is 1. The Labute approximate surface area is 116 Å². The molecule has 0 aromatic carbocycles. The highest BCUT2D eigenvalue weighted by atomic mass is 16.5. The van der Waals surface area contributed by atoms with Gasteiger partial charge in [-0.15, -0.1) is 0 Å². The van der Waals surface area contributed by atoms with Gasteiger partial charge in [0.1, 0.15) is 0 Å². The van der Waals surface area contributed by atoms with Crippen molar-refractivity contribution in [3.8, 4) is 0 Å². The molecule has 0 saturated carbocycles. The van der Waals surface area contributed by atoms with Crippen LogP contribution in [0.5, 0.6) is 0 Å². The van der Waals surface area contributed by atoms with Gasteiger partial charge in [-0.2, -0.15) is 0 Å². The van der Waals surface area contributed by atoms with E-state index < -0.39 is 5.60 Å². The van der Waals surface area contributed by atoms with Gasteiger partial charge in [0.2, 0.25) is 5.91 Å². The molecule has 0 aromatic heterocycles. The summed E-state index contributed by atoms with van der Waals surface area (Å²) < 4.78 is 5.26. The van der Waals surface area contributed by atoms with E-state index >= 15 is 0 Å². The zero-order valence-electron chi connectivity index (χ0n) is 12.6. The lowest BCUT2D eigenvalue weighted by Gasteiger charge is -2.37. The molecule has 1 aliphatic rings. The highest BCUT2D eigenvalue weighted by Crippen LogP contribution is 2.22. The molecule has 0 radical (unpaired) electrons. The zero-order chi connectivity index (χ0) is 14.5. The van der Waals surface area contributed by atoms with Gasteiger partial charge >= 0.3 is 0 Å². The summed E-state index contributed by atoms with van der Waals surface area (Å²) in [5.74, 6) is 0.0208. The first-order valence-electron chi connectivity index (χ1n) is 7.18. The van der Waals surface area contributed by atoms with Crippen LogP contribution in [0, 0.1) is 0 Å². The van der Waals surface area contributed by atoms with Gasteiger partial charge in [-0.05, 0) is 27.3 Å². The Kier molecular flexibility index (Phi) is 6.23. The Bertz CT molecular complexity index is 290. The predicted molar refractivity (Wildman–Crippen MR) is 75.0 cm³/mol. The molecule has 2 N–H and O–H groups in total. The highest BCUT2D eigenvalue weighted by molar-refractivity contribution is 5.81. The third-order valence-electron chi connectivity index (χ3n) is 4.01. The van der Waals surface area contributed by atoms with E-state index in [1.807, 2.05) is 32.7 Å². The van der Waals surface area contributed by atoms with Crippen molar-refractivity contribution in [2.45, 2.75) is 57.7 Å². The minimum atomic E-state index is -0.724. The van der Waals surface area contributed by atoms with Gasteiger partial charge in [-0.1, -0.05) is 6.92 Å². The van der Waals surface area contributed by atoms with Gasteiger partial charge in [0.25, 0.3) is 0 Å². The van der Waals surface area contributed by atoms with Crippen molar-refractivity contribution in [2.75, 3.05) is 26.8 Å². The molecule has 5 nitrogen and oxygen atoms in total. The minimum Gasteiger partial charge on any atom is -0.388 e. The second kappa shape index (κ2) is 7.22. The zero-order valence-corrected chi connectivity index (χ0v) is 12.6. The first-order chi connectivity index (χ1) is 8.88. The van der Waals surface area contributed by atoms with Gasteiger partial charge in [0.05, 0.1) is 11.6 Å². The molecule has 19 heavy (non-hydrogen) atoms. The average molecular weight is 272 g/mol. The summed E-state index contributed by atoms with van der Waals surface area (Å²) in [6.45, 7) is 7.61. The van der Waals surface area contributed by atoms with Crippen LogP contribution in [0.4, 0.5) is 0 Å². The number of nitrogens with zero attached hydrogens (tertiary/aromatic N) is 1. The number of ether oxygens (including phenoxy) is 1. The molecule has 2 atom stereocenters. The first-order valence-corrected chi connectivity index (χ1v) is 7.18. The van der Waals surface area contributed by atoms with Crippen molar-refractivity contribution in [2.24, 2.45) is 0 Å². The fourth-order valence-corrected chi connectivity index (χ4v) is 2.18. The minimum absolute atomic E-state index is 0.0208. The Balaban J connectivity index is 2.47. The van der Waals surface area contributed by atoms with E-state index in [1.54, 1.807) is 0 Å². The number of carbonyl (C=O) groups excluding carboxylic acids is 1. The van der Waals surface area contributed by atoms with Crippen LogP contribution in [-0.2, 0) is 9.53 Å². The van der Waals surface area contributed by atoms with Crippen molar-refractivity contribution >= 4 is 5.91 Å². The van der Waals surface area contributed by atoms with E-state index in [0.29, 0.717) is 32.6 Å². The summed E-state index contributed by atoms with van der Waals surface area (Å²) in [5, 5.41) is 13.4. The molecule has 112 valence electrons. The van der Waals surface area contributed by atoms with Crippen LogP contribution in [-0.4, -0.2) is 60.4 Å². The Hall–Kier alpha value is -0.650. The summed E-state index contributed by atoms with van der Waals surface area (Å²) in [7, 11) is 1.88. The van der Waals surface area contributed by atoms with Crippen molar-refractivity contribution in [3.63, 3.8) is 0 Å². The smallest absolute Gasteiger partial charge is 0.237 e. The van der Waals surface area contributed by atoms with E-state index in [-0.39, 0.29) is 18.0 Å². The topological polar surface area (TPSA) is 61.8 Å². The molecule has 1 rings (SSSR count). The summed E-state index contributed by atoms with van der Waals surface area (Å²) in [6.07, 6.45) is 2.19. The molecule has 1 amide bonds. The Morgan fingerprint density at radius 3 is 2.53 bits per heavy atom. The van der Waals surface area contributed by atoms with Gasteiger partial charge in [-0.25, -0.2) is 0 Å². The van der Waals surface area contributed by atoms with Crippen LogP contribution in [0.25, 0.3) is 0 Å². The third kappa shape index (κ3) is 5.09. The quantitative estimate of drug-likeness (QED) is 0.749. The lowest BCUT2D eigenvalue weighted by Crippen LogP contribution is -2.52. The maximum Gasteiger partial charge on any atom is 0.237 e. The van der Waals surface area contributed by atoms with E-state index in [0.717, 1.165) is 6.42 Å². The van der Waals surface area contributed by atoms with Crippen molar-refractivity contribution < 1.29 is 14.6 Å². The molecule has 0 spiro atoms. The summed E-state index contributed by atoms with van der Waals surface area (Å²) in [4.78, 5) is 14.0. The van der Waals surface area contributed by atoms with E-state index in [1.165, 1.54) is 0 Å². The highest BCUT2D eigenvalue weighted by Gasteiger charge is 2.33. The lowest BCUT2D eigenvalue weighted by molar-refractivity contribution is -0.128. The number of amides is 1. The molecule has 1 saturated heterocycles. The van der Waals surface area contributed by atoms with Crippen molar-refractivity contribution in [1.29, 1.82) is 0 Å². The maximum atomic E-state index is 12.0. The van der Waals surface area contributed by atoms with Crippen LogP contribution >= 0.6 is 0 Å². The normalized spacial score (nSPS) is 22.0. The van der Waals surface area contributed by atoms with Crippen molar-refractivity contribution in [1.82, 2.24) is 10.2 Å². The molecule has 0 bridgehead atoms. The van der Waals surface area contributed by atoms with E-state index in [9.17, 15) is 9.90 Å². The van der Waals surface area contributed by atoms with Crippen LogP contribution < -0.4 is 5.32 Å². The SMILES string of the molecule is CCC(C)NC(=O)C(C)N(C)CC1(O)CCOCC1. The third-order valence-corrected chi connectivity index (χ3v) is 4.01. The van der Waals surface area contributed by atoms with Crippen LogP contribution in [0.1, 0.15) is 40.0 Å². The summed E-state index contributed by atoms with van der Waals surface area (Å²) >= 11 is 0. The standard InChI is InChI=1S/C14H28N2O3/c1-5-11(2)15-13(17)12(3)16(4)10-14(18)6-8-19-9-7-14/h11-12,18H,5-10H2,1-4H3,(H,15,17). The van der Waals surface area contributed by atoms with E-state index in [2.05, 4.69) is 5.32 Å². The molecular formula is C14H28N2O3. The lowest BCUT2D eigenvalue weighted by atomic mass is 9.93. The largest absolute Gasteiger partial charge is 0.388 e. The molecule has 0 aliphatic carbocycles. The van der Waals surface area contributed by atoms with Gasteiger partial charge in [0.15, 0.2) is 0 Å². The van der Waals surface area contributed by atoms with Crippen LogP contribution in [0.15, 0.2) is 0 Å². The van der Waals surface area contributed by atoms with Crippen molar-refractivity contribution in [3.05, 3.63) is 0 Å². The fraction of sp³-hybridized carbons (Fsp3) is 0.929. The number of likely N-dealkylation sites (N-methyl/N-ethyl adjacent to an activating group) is 1. The fourth-order valence-electron chi connectivity index (χ4n) is 2.18. The van der Waals surface area contributed by atoms with Crippen LogP contribution in [0.3, 0.4) is 0 Å². The molecule has 5 heteroatoms. The predicted octanol–water partition coefficient (Wildman–Crippen LogP) is 0.763. The first kappa shape index (κ1) is 16.4. The molecule has 1 aliphatic heterocycles. The molecular weight excluding hydrogens is 244 g/mol. The number of rotatable bonds is 6. The molecule has 1 heterocycles. The second-order valence-electron chi connectivity index (χ2n) is 5.75. The molecule has 1 fully saturated rings. The maximum absolute atomic E-state index is 12.0. The number of carbonyl (C=O) groups is 1. The number of hydrogen-bond donors (Lipinski definition) is 2. The van der Waals surface area contributed by atoms with E-state index in [4.69, 9.17) is 4.74 Å². The van der Waals surface area contributed by atoms with Crippen LogP contribution in [0.2, 0.25) is 0 Å². The number of hydrogen-bond acceptors (Lipinski definition) is 4. The molecule has 2 unspecified atom stereocenters.